The molecule has 0 fully saturated rings. The number of aliphatic imine (C=N–C) groups is 1. The first-order valence-corrected chi connectivity index (χ1v) is 7.36. The van der Waals surface area contributed by atoms with Crippen LogP contribution in [0.5, 0.6) is 0 Å². The number of guanidine groups is 1. The average Bonchev–Trinajstić information content (AvgIpc) is 3.16. The van der Waals surface area contributed by atoms with Gasteiger partial charge in [-0.1, -0.05) is 11.2 Å². The van der Waals surface area contributed by atoms with E-state index in [9.17, 15) is 0 Å². The molecule has 0 aliphatic carbocycles. The molecule has 23 heavy (non-hydrogen) atoms. The van der Waals surface area contributed by atoms with Crippen LogP contribution < -0.4 is 10.6 Å². The van der Waals surface area contributed by atoms with Crippen molar-refractivity contribution in [3.8, 4) is 0 Å². The van der Waals surface area contributed by atoms with Gasteiger partial charge in [-0.25, -0.2) is 4.99 Å². The number of nitrogens with zero attached hydrogens (tertiary/aromatic N) is 6. The second-order valence-electron chi connectivity index (χ2n) is 4.82. The monoisotopic (exact) mass is 314 g/mol. The third-order valence-corrected chi connectivity index (χ3v) is 3.09. The molecule has 3 aromatic rings. The van der Waals surface area contributed by atoms with Crippen molar-refractivity contribution in [3.63, 3.8) is 0 Å². The summed E-state index contributed by atoms with van der Waals surface area (Å²) in [7, 11) is 0. The second kappa shape index (κ2) is 6.86. The van der Waals surface area contributed by atoms with Gasteiger partial charge in [0.2, 0.25) is 5.89 Å². The van der Waals surface area contributed by atoms with Crippen molar-refractivity contribution in [1.29, 1.82) is 0 Å². The second-order valence-corrected chi connectivity index (χ2v) is 4.82. The summed E-state index contributed by atoms with van der Waals surface area (Å²) in [5.74, 6) is 2.54. The lowest BCUT2D eigenvalue weighted by atomic mass is 10.4. The zero-order valence-electron chi connectivity index (χ0n) is 13.0. The van der Waals surface area contributed by atoms with Crippen LogP contribution in [0.4, 0.5) is 0 Å². The Morgan fingerprint density at radius 3 is 3.00 bits per heavy atom. The predicted octanol–water partition coefficient (Wildman–Crippen LogP) is 0.676. The minimum atomic E-state index is 0.341. The van der Waals surface area contributed by atoms with E-state index >= 15 is 0 Å². The number of pyridine rings is 1. The summed E-state index contributed by atoms with van der Waals surface area (Å²) in [4.78, 5) is 8.56. The molecule has 2 N–H and O–H groups in total. The Morgan fingerprint density at radius 1 is 1.30 bits per heavy atom. The third kappa shape index (κ3) is 3.62. The van der Waals surface area contributed by atoms with E-state index in [-0.39, 0.29) is 0 Å². The molecule has 0 unspecified atom stereocenters. The number of nitrogens with one attached hydrogen (secondary N) is 2. The molecule has 0 bridgehead atoms. The standard InChI is InChI=1S/C14H18N8O/c1-3-15-14(16-8-11-18-10(2)23-21-11)17-9-13-20-19-12-6-4-5-7-22(12)13/h4-7H,3,8-9H2,1-2H3,(H2,15,16,17). The highest BCUT2D eigenvalue weighted by molar-refractivity contribution is 5.79. The summed E-state index contributed by atoms with van der Waals surface area (Å²) in [6.45, 7) is 5.34. The lowest BCUT2D eigenvalue weighted by Crippen LogP contribution is -2.37. The minimum absolute atomic E-state index is 0.341. The zero-order chi connectivity index (χ0) is 16.1. The molecule has 0 amide bonds. The SMILES string of the molecule is CCNC(=NCc1noc(C)n1)NCc1nnc2ccccn12. The normalized spacial score (nSPS) is 11.8. The molecule has 0 atom stereocenters. The highest BCUT2D eigenvalue weighted by Crippen LogP contribution is 2.02. The van der Waals surface area contributed by atoms with Crippen LogP contribution in [-0.2, 0) is 13.1 Å². The number of hydrogen-bond donors (Lipinski definition) is 2. The van der Waals surface area contributed by atoms with Crippen molar-refractivity contribution in [2.75, 3.05) is 6.54 Å². The fraction of sp³-hybridized carbons (Fsp3) is 0.357. The molecule has 0 aliphatic rings. The van der Waals surface area contributed by atoms with E-state index in [2.05, 4.69) is 36.0 Å². The van der Waals surface area contributed by atoms with Gasteiger partial charge in [0, 0.05) is 19.7 Å². The Kier molecular flexibility index (Phi) is 4.46. The van der Waals surface area contributed by atoms with Crippen molar-refractivity contribution < 1.29 is 4.52 Å². The van der Waals surface area contributed by atoms with Gasteiger partial charge in [0.15, 0.2) is 23.3 Å². The van der Waals surface area contributed by atoms with Gasteiger partial charge >= 0.3 is 0 Å². The first kappa shape index (κ1) is 14.9. The van der Waals surface area contributed by atoms with Gasteiger partial charge in [-0.15, -0.1) is 10.2 Å². The van der Waals surface area contributed by atoms with Gasteiger partial charge in [0.05, 0.1) is 6.54 Å². The predicted molar refractivity (Wildman–Crippen MR) is 83.7 cm³/mol. The highest BCUT2D eigenvalue weighted by atomic mass is 16.5. The topological polar surface area (TPSA) is 106 Å². The highest BCUT2D eigenvalue weighted by Gasteiger charge is 2.06. The van der Waals surface area contributed by atoms with Gasteiger partial charge in [0.25, 0.3) is 0 Å². The third-order valence-electron chi connectivity index (χ3n) is 3.09. The van der Waals surface area contributed by atoms with Crippen LogP contribution in [0.1, 0.15) is 24.5 Å². The molecule has 0 saturated heterocycles. The number of rotatable bonds is 5. The summed E-state index contributed by atoms with van der Waals surface area (Å²) in [5, 5.41) is 18.5. The quantitative estimate of drug-likeness (QED) is 0.527. The number of hydrogen-bond acceptors (Lipinski definition) is 6. The first-order valence-electron chi connectivity index (χ1n) is 7.36. The molecule has 0 radical (unpaired) electrons. The Bertz CT molecular complexity index is 806. The fourth-order valence-corrected chi connectivity index (χ4v) is 2.07. The van der Waals surface area contributed by atoms with Gasteiger partial charge in [-0.05, 0) is 19.1 Å². The van der Waals surface area contributed by atoms with Crippen LogP contribution in [0.2, 0.25) is 0 Å². The van der Waals surface area contributed by atoms with Crippen molar-refractivity contribution in [2.24, 2.45) is 4.99 Å². The summed E-state index contributed by atoms with van der Waals surface area (Å²) in [6.07, 6.45) is 1.93. The smallest absolute Gasteiger partial charge is 0.223 e. The minimum Gasteiger partial charge on any atom is -0.357 e. The van der Waals surface area contributed by atoms with E-state index in [0.29, 0.717) is 30.8 Å². The molecule has 0 spiro atoms. The van der Waals surface area contributed by atoms with Crippen molar-refractivity contribution >= 4 is 11.6 Å². The van der Waals surface area contributed by atoms with E-state index in [4.69, 9.17) is 4.52 Å². The van der Waals surface area contributed by atoms with E-state index in [0.717, 1.165) is 18.0 Å². The summed E-state index contributed by atoms with van der Waals surface area (Å²) in [5.41, 5.74) is 0.813. The molecule has 0 aromatic carbocycles. The van der Waals surface area contributed by atoms with Crippen LogP contribution >= 0.6 is 0 Å². The van der Waals surface area contributed by atoms with Crippen molar-refractivity contribution in [3.05, 3.63) is 41.9 Å². The maximum Gasteiger partial charge on any atom is 0.223 e. The molecule has 3 aromatic heterocycles. The molecule has 3 rings (SSSR count). The average molecular weight is 314 g/mol. The molecular weight excluding hydrogens is 296 g/mol. The molecule has 0 aliphatic heterocycles. The molecular formula is C14H18N8O. The molecule has 9 heteroatoms. The lowest BCUT2D eigenvalue weighted by Gasteiger charge is -2.09. The Morgan fingerprint density at radius 2 is 2.22 bits per heavy atom. The Hall–Kier alpha value is -2.97. The van der Waals surface area contributed by atoms with Crippen LogP contribution in [0.25, 0.3) is 5.65 Å². The van der Waals surface area contributed by atoms with Gasteiger partial charge in [-0.3, -0.25) is 4.40 Å². The van der Waals surface area contributed by atoms with E-state index in [1.54, 1.807) is 6.92 Å². The van der Waals surface area contributed by atoms with Gasteiger partial charge in [-0.2, -0.15) is 4.98 Å². The number of aromatic nitrogens is 5. The van der Waals surface area contributed by atoms with Crippen LogP contribution in [0.15, 0.2) is 33.9 Å². The van der Waals surface area contributed by atoms with Gasteiger partial charge < -0.3 is 15.2 Å². The molecule has 0 saturated carbocycles. The maximum atomic E-state index is 4.93. The van der Waals surface area contributed by atoms with Crippen LogP contribution in [0.3, 0.4) is 0 Å². The van der Waals surface area contributed by atoms with Gasteiger partial charge in [0.1, 0.15) is 6.54 Å². The molecule has 120 valence electrons. The number of fused-ring (bicyclic) bond motifs is 1. The molecule has 9 nitrogen and oxygen atoms in total. The summed E-state index contributed by atoms with van der Waals surface area (Å²) < 4.78 is 6.86. The van der Waals surface area contributed by atoms with E-state index < -0.39 is 0 Å². The maximum absolute atomic E-state index is 4.93. The fourth-order valence-electron chi connectivity index (χ4n) is 2.07. The molecule has 3 heterocycles. The summed E-state index contributed by atoms with van der Waals surface area (Å²) in [6, 6.07) is 5.78. The summed E-state index contributed by atoms with van der Waals surface area (Å²) >= 11 is 0. The van der Waals surface area contributed by atoms with E-state index in [1.165, 1.54) is 0 Å². The van der Waals surface area contributed by atoms with Crippen molar-refractivity contribution in [1.82, 2.24) is 35.4 Å². The lowest BCUT2D eigenvalue weighted by molar-refractivity contribution is 0.387. The number of aryl methyl sites for hydroxylation is 1. The Balaban J connectivity index is 1.67. The van der Waals surface area contributed by atoms with E-state index in [1.807, 2.05) is 35.7 Å². The van der Waals surface area contributed by atoms with Crippen LogP contribution in [0, 0.1) is 6.92 Å². The largest absolute Gasteiger partial charge is 0.357 e. The first-order chi connectivity index (χ1) is 11.3. The zero-order valence-corrected chi connectivity index (χ0v) is 13.0. The van der Waals surface area contributed by atoms with Crippen molar-refractivity contribution in [2.45, 2.75) is 26.9 Å². The van der Waals surface area contributed by atoms with Crippen LogP contribution in [-0.4, -0.2) is 37.2 Å². The Labute approximate surface area is 132 Å².